The molecule has 0 spiro atoms. The van der Waals surface area contributed by atoms with Crippen molar-refractivity contribution in [2.75, 3.05) is 32.8 Å². The maximum atomic E-state index is 14.0. The zero-order valence-electron chi connectivity index (χ0n) is 57.0. The Balaban J connectivity index is 0.000000166. The van der Waals surface area contributed by atoms with Crippen LogP contribution in [0.3, 0.4) is 0 Å². The highest BCUT2D eigenvalue weighted by atomic mass is 19.2. The molecule has 24 nitrogen and oxygen atoms in total. The molecule has 544 valence electrons. The number of ketones is 1. The number of halogens is 6. The Labute approximate surface area is 585 Å². The summed E-state index contributed by atoms with van der Waals surface area (Å²) in [5.41, 5.74) is -6.96. The Hall–Kier alpha value is -10.9. The van der Waals surface area contributed by atoms with E-state index in [0.29, 0.717) is 31.0 Å². The Morgan fingerprint density at radius 1 is 0.505 bits per heavy atom. The lowest BCUT2D eigenvalue weighted by atomic mass is 9.93. The van der Waals surface area contributed by atoms with Gasteiger partial charge in [-0.2, -0.15) is 0 Å². The third-order valence-electron chi connectivity index (χ3n) is 18.8. The van der Waals surface area contributed by atoms with Crippen LogP contribution in [0, 0.1) is 34.9 Å². The van der Waals surface area contributed by atoms with Crippen LogP contribution in [0.1, 0.15) is 172 Å². The van der Waals surface area contributed by atoms with Gasteiger partial charge < -0.3 is 69.1 Å². The summed E-state index contributed by atoms with van der Waals surface area (Å²) < 4.78 is 96.8. The van der Waals surface area contributed by atoms with Crippen LogP contribution >= 0.6 is 0 Å². The van der Waals surface area contributed by atoms with Crippen molar-refractivity contribution in [3.05, 3.63) is 226 Å². The van der Waals surface area contributed by atoms with E-state index in [2.05, 4.69) is 16.0 Å². The van der Waals surface area contributed by atoms with Crippen LogP contribution in [0.15, 0.2) is 124 Å². The highest BCUT2D eigenvalue weighted by molar-refractivity contribution is 6.04. The predicted molar refractivity (Wildman–Crippen MR) is 359 cm³/mol. The summed E-state index contributed by atoms with van der Waals surface area (Å²) >= 11 is 0. The summed E-state index contributed by atoms with van der Waals surface area (Å²) in [6, 6.07) is 5.40. The number of amides is 6. The van der Waals surface area contributed by atoms with Gasteiger partial charge in [0.05, 0.1) is 25.3 Å². The van der Waals surface area contributed by atoms with Crippen LogP contribution in [0.5, 0.6) is 17.2 Å². The first-order valence-corrected chi connectivity index (χ1v) is 33.3. The van der Waals surface area contributed by atoms with E-state index >= 15 is 0 Å². The van der Waals surface area contributed by atoms with Crippen LogP contribution in [0.2, 0.25) is 0 Å². The summed E-state index contributed by atoms with van der Waals surface area (Å²) in [5.74, 6) is -10.6. The van der Waals surface area contributed by atoms with Crippen molar-refractivity contribution in [1.29, 1.82) is 0 Å². The Morgan fingerprint density at radius 3 is 1.25 bits per heavy atom. The minimum Gasteiger partial charge on any atom is -0.503 e. The number of carbonyl (C=O) groups is 7. The molecule has 0 saturated carbocycles. The number of benzene rings is 3. The number of ether oxygens (including phenoxy) is 2. The SMILES string of the molecule is CCCCOc1c2n(cc(C(=O)NCc3ccc(F)cc3F)c1=O)[C@@H]1CN(C2=O)[C@@H](C)C=CC1=O.CCCCOc1c2n(cc(C(=O)NCc3ccc(F)cc3F)c1=O)[C@@H]1CN(C2=O)[C@@H](C)C=C[C@]1(C)O.C[C@H]1C=C[C@](C)(O)[C@H]2CN1C(=O)c1c(O)c(=O)c(C(=O)NCc3ccc(F)cc3F)cn12. The van der Waals surface area contributed by atoms with E-state index in [1.54, 1.807) is 50.0 Å². The number of aliphatic hydroxyl groups is 2. The quantitative estimate of drug-likeness (QED) is 0.0300. The van der Waals surface area contributed by atoms with Gasteiger partial charge in [-0.15, -0.1) is 0 Å². The standard InChI is InChI=1S/C26H29F2N3O5.C25H25F2N3O5.C22H21F2N3O5/c1-4-5-10-36-23-21-25(34)30-14-20(26(3,35)9-8-15(30)2)31(21)13-18(22(23)32)24(33)29-12-16-6-7-17(27)11-19(16)28;1-3-4-9-35-23-21-25(34)29-13-19(20(31)8-5-14(29)2)30(21)12-17(22(23)32)24(33)28-11-15-6-7-16(26)10-18(15)27;1-11-5-6-22(2,32)16-10-26(11)21(31)17-19(29)18(28)14(9-27(16)17)20(30)25-8-12-3-4-13(23)7-15(12)24/h6-9,11,13,15,20,35H,4-5,10,12,14H2,1-3H3,(H,29,33);5-8,10,12,14,19H,3-4,9,11,13H2,1-2H3,(H,28,33);3-7,9,11,16,29,32H,8,10H2,1-2H3,(H,25,30)/t15-,20+,26-;14-,19+;11-,16+,22-/m000/s1. The van der Waals surface area contributed by atoms with Gasteiger partial charge in [0, 0.05) is 111 Å². The van der Waals surface area contributed by atoms with Crippen molar-refractivity contribution >= 4 is 41.2 Å². The highest BCUT2D eigenvalue weighted by Gasteiger charge is 2.48. The molecule has 103 heavy (non-hydrogen) atoms. The molecule has 0 aliphatic carbocycles. The molecule has 6 aliphatic heterocycles. The van der Waals surface area contributed by atoms with Crippen molar-refractivity contribution in [1.82, 2.24) is 44.4 Å². The van der Waals surface area contributed by atoms with Crippen LogP contribution in [0.4, 0.5) is 26.3 Å². The average Bonchev–Trinajstić information content (AvgIpc) is 1.73. The predicted octanol–water partition coefficient (Wildman–Crippen LogP) is 7.17. The van der Waals surface area contributed by atoms with Crippen LogP contribution in [0.25, 0.3) is 0 Å². The first-order valence-electron chi connectivity index (χ1n) is 33.3. The molecule has 8 atom stereocenters. The summed E-state index contributed by atoms with van der Waals surface area (Å²) in [6.45, 7) is 12.0. The van der Waals surface area contributed by atoms with Crippen molar-refractivity contribution in [2.45, 2.75) is 141 Å². The molecule has 9 heterocycles. The van der Waals surface area contributed by atoms with E-state index in [1.807, 2.05) is 20.8 Å². The number of aromatic nitrogens is 3. The summed E-state index contributed by atoms with van der Waals surface area (Å²) in [6.07, 6.45) is 15.9. The number of carbonyl (C=O) groups excluding carboxylic acids is 7. The van der Waals surface area contributed by atoms with Gasteiger partial charge in [-0.1, -0.05) is 75.3 Å². The first-order chi connectivity index (χ1) is 48.8. The van der Waals surface area contributed by atoms with E-state index in [1.165, 1.54) is 67.1 Å². The lowest BCUT2D eigenvalue weighted by molar-refractivity contribution is -0.118. The van der Waals surface area contributed by atoms with E-state index in [0.717, 1.165) is 43.3 Å². The molecule has 0 radical (unpaired) electrons. The minimum atomic E-state index is -1.44. The number of fused-ring (bicyclic) bond motifs is 12. The number of nitrogens with zero attached hydrogens (tertiary/aromatic N) is 6. The zero-order chi connectivity index (χ0) is 74.8. The lowest BCUT2D eigenvalue weighted by Gasteiger charge is -2.41. The van der Waals surface area contributed by atoms with Crippen molar-refractivity contribution < 1.29 is 84.7 Å². The fourth-order valence-electron chi connectivity index (χ4n) is 12.6. The number of pyridine rings is 3. The number of unbranched alkanes of at least 4 members (excludes halogenated alkanes) is 2. The van der Waals surface area contributed by atoms with Gasteiger partial charge in [0.25, 0.3) is 35.4 Å². The van der Waals surface area contributed by atoms with Gasteiger partial charge in [-0.3, -0.25) is 47.9 Å². The first kappa shape index (κ1) is 74.8. The smallest absolute Gasteiger partial charge is 0.275 e. The minimum absolute atomic E-state index is 0.00122. The summed E-state index contributed by atoms with van der Waals surface area (Å²) in [5, 5.41) is 40.0. The highest BCUT2D eigenvalue weighted by Crippen LogP contribution is 2.40. The fraction of sp³-hybridized carbons (Fsp3) is 0.370. The number of allylic oxidation sites excluding steroid dienone is 1. The molecular formula is C73H75F6N9O15. The molecule has 30 heteroatoms. The monoisotopic (exact) mass is 1430 g/mol. The van der Waals surface area contributed by atoms with Gasteiger partial charge in [-0.25, -0.2) is 26.3 Å². The molecule has 3 aromatic carbocycles. The van der Waals surface area contributed by atoms with Crippen molar-refractivity contribution in [3.63, 3.8) is 0 Å². The van der Waals surface area contributed by atoms with Crippen LogP contribution in [-0.4, -0.2) is 147 Å². The molecule has 6 N–H and O–H groups in total. The van der Waals surface area contributed by atoms with Crippen molar-refractivity contribution in [2.24, 2.45) is 0 Å². The summed E-state index contributed by atoms with van der Waals surface area (Å²) in [4.78, 5) is 135. The van der Waals surface area contributed by atoms with Crippen molar-refractivity contribution in [3.8, 4) is 17.2 Å². The number of hydrogen-bond acceptors (Lipinski definition) is 15. The maximum absolute atomic E-state index is 14.0. The van der Waals surface area contributed by atoms with E-state index < -0.39 is 127 Å². The van der Waals surface area contributed by atoms with Gasteiger partial charge in [0.15, 0.2) is 40.1 Å². The van der Waals surface area contributed by atoms with E-state index in [9.17, 15) is 89.6 Å². The molecule has 6 aliphatic rings. The Kier molecular flexibility index (Phi) is 22.1. The maximum Gasteiger partial charge on any atom is 0.275 e. The molecule has 6 bridgehead atoms. The Bertz CT molecular complexity index is 4720. The summed E-state index contributed by atoms with van der Waals surface area (Å²) in [7, 11) is 0. The molecule has 0 saturated heterocycles. The molecule has 0 fully saturated rings. The van der Waals surface area contributed by atoms with Gasteiger partial charge in [0.2, 0.25) is 16.3 Å². The van der Waals surface area contributed by atoms with Crippen LogP contribution in [-0.2, 0) is 24.4 Å². The van der Waals surface area contributed by atoms with Gasteiger partial charge in [0.1, 0.15) is 68.8 Å². The molecule has 0 unspecified atom stereocenters. The number of rotatable bonds is 17. The third-order valence-corrected chi connectivity index (χ3v) is 18.8. The molecular weight excluding hydrogens is 1360 g/mol. The molecule has 12 rings (SSSR count). The van der Waals surface area contributed by atoms with Gasteiger partial charge >= 0.3 is 0 Å². The second kappa shape index (κ2) is 30.4. The van der Waals surface area contributed by atoms with Crippen LogP contribution < -0.4 is 41.7 Å². The fourth-order valence-corrected chi connectivity index (χ4v) is 12.6. The second-order valence-electron chi connectivity index (χ2n) is 26.1. The van der Waals surface area contributed by atoms with Gasteiger partial charge in [-0.05, 0) is 71.7 Å². The molecule has 6 aromatic rings. The van der Waals surface area contributed by atoms with E-state index in [-0.39, 0.29) is 133 Å². The molecule has 6 amide bonds. The molecule has 3 aromatic heterocycles. The third kappa shape index (κ3) is 15.2. The number of aromatic hydroxyl groups is 1. The number of nitrogens with one attached hydrogen (secondary N) is 3. The zero-order valence-corrected chi connectivity index (χ0v) is 57.0. The average molecular weight is 1430 g/mol. The topological polar surface area (TPSA) is 310 Å². The largest absolute Gasteiger partial charge is 0.503 e. The second-order valence-corrected chi connectivity index (χ2v) is 26.1. The van der Waals surface area contributed by atoms with E-state index in [4.69, 9.17) is 9.47 Å². The number of hydrogen-bond donors (Lipinski definition) is 6. The lowest BCUT2D eigenvalue weighted by Crippen LogP contribution is -2.52. The normalized spacial score (nSPS) is 21.8. The Morgan fingerprint density at radius 2 is 0.854 bits per heavy atom.